The zero-order chi connectivity index (χ0) is 12.7. The Hall–Kier alpha value is -1.20. The molecule has 0 fully saturated rings. The highest BCUT2D eigenvalue weighted by Crippen LogP contribution is 2.13. The second-order valence-corrected chi connectivity index (χ2v) is 4.27. The molecule has 5 heteroatoms. The standard InChI is InChI=1S/C12H19N3OS/c1-2-3-6-15(7-8-16)11-9-10(12(13)17)4-5-14-11/h4-5,9,16H,2-3,6-8H2,1H3,(H2,13,17). The summed E-state index contributed by atoms with van der Waals surface area (Å²) in [5.41, 5.74) is 6.40. The zero-order valence-electron chi connectivity index (χ0n) is 10.1. The fraction of sp³-hybridized carbons (Fsp3) is 0.500. The molecule has 0 unspecified atom stereocenters. The SMILES string of the molecule is CCCCN(CCO)c1cc(C(N)=S)ccn1. The van der Waals surface area contributed by atoms with E-state index in [1.807, 2.05) is 11.0 Å². The van der Waals surface area contributed by atoms with Crippen molar-refractivity contribution in [2.75, 3.05) is 24.6 Å². The Kier molecular flexibility index (Phi) is 5.86. The number of aromatic nitrogens is 1. The van der Waals surface area contributed by atoms with Gasteiger partial charge in [0.1, 0.15) is 10.8 Å². The Morgan fingerprint density at radius 1 is 1.53 bits per heavy atom. The Balaban J connectivity index is 2.84. The summed E-state index contributed by atoms with van der Waals surface area (Å²) in [6.45, 7) is 3.71. The number of aliphatic hydroxyl groups excluding tert-OH is 1. The van der Waals surface area contributed by atoms with E-state index in [0.717, 1.165) is 30.8 Å². The lowest BCUT2D eigenvalue weighted by atomic mass is 10.2. The topological polar surface area (TPSA) is 62.4 Å². The molecule has 3 N–H and O–H groups in total. The highest BCUT2D eigenvalue weighted by Gasteiger charge is 2.08. The molecule has 1 rings (SSSR count). The molecule has 4 nitrogen and oxygen atoms in total. The molecule has 0 aliphatic heterocycles. The highest BCUT2D eigenvalue weighted by atomic mass is 32.1. The second-order valence-electron chi connectivity index (χ2n) is 3.83. The van der Waals surface area contributed by atoms with Crippen LogP contribution in [0.5, 0.6) is 0 Å². The van der Waals surface area contributed by atoms with E-state index in [2.05, 4.69) is 11.9 Å². The molecule has 1 aromatic heterocycles. The molecule has 0 radical (unpaired) electrons. The van der Waals surface area contributed by atoms with Crippen LogP contribution in [0.25, 0.3) is 0 Å². The minimum atomic E-state index is 0.114. The maximum absolute atomic E-state index is 9.06. The summed E-state index contributed by atoms with van der Waals surface area (Å²) in [6, 6.07) is 3.66. The number of pyridine rings is 1. The summed E-state index contributed by atoms with van der Waals surface area (Å²) in [4.78, 5) is 6.71. The van der Waals surface area contributed by atoms with Gasteiger partial charge in [-0.2, -0.15) is 0 Å². The number of rotatable bonds is 7. The van der Waals surface area contributed by atoms with E-state index in [0.29, 0.717) is 11.5 Å². The first kappa shape index (κ1) is 13.9. The minimum absolute atomic E-state index is 0.114. The number of nitrogens with two attached hydrogens (primary N) is 1. The van der Waals surface area contributed by atoms with Crippen LogP contribution in [0.3, 0.4) is 0 Å². The average Bonchev–Trinajstić information content (AvgIpc) is 2.34. The number of thiocarbonyl (C=S) groups is 1. The predicted molar refractivity (Wildman–Crippen MR) is 74.3 cm³/mol. The monoisotopic (exact) mass is 253 g/mol. The van der Waals surface area contributed by atoms with Crippen LogP contribution in [0.2, 0.25) is 0 Å². The Morgan fingerprint density at radius 3 is 2.88 bits per heavy atom. The van der Waals surface area contributed by atoms with Gasteiger partial charge < -0.3 is 15.7 Å². The number of hydrogen-bond donors (Lipinski definition) is 2. The van der Waals surface area contributed by atoms with Crippen LogP contribution in [-0.2, 0) is 0 Å². The largest absolute Gasteiger partial charge is 0.395 e. The van der Waals surface area contributed by atoms with Crippen LogP contribution in [0.15, 0.2) is 18.3 Å². The Bertz CT molecular complexity index is 371. The van der Waals surface area contributed by atoms with E-state index in [9.17, 15) is 0 Å². The number of unbranched alkanes of at least 4 members (excludes halogenated alkanes) is 1. The van der Waals surface area contributed by atoms with Crippen molar-refractivity contribution >= 4 is 23.0 Å². The molecule has 0 saturated carbocycles. The van der Waals surface area contributed by atoms with E-state index in [-0.39, 0.29) is 6.61 Å². The van der Waals surface area contributed by atoms with Crippen molar-refractivity contribution in [1.82, 2.24) is 4.98 Å². The van der Waals surface area contributed by atoms with Gasteiger partial charge in [-0.1, -0.05) is 25.6 Å². The number of hydrogen-bond acceptors (Lipinski definition) is 4. The van der Waals surface area contributed by atoms with Gasteiger partial charge in [0.25, 0.3) is 0 Å². The third kappa shape index (κ3) is 4.28. The molecule has 0 aromatic carbocycles. The van der Waals surface area contributed by atoms with Crippen molar-refractivity contribution in [3.8, 4) is 0 Å². The lowest BCUT2D eigenvalue weighted by Gasteiger charge is -2.22. The molecule has 0 saturated heterocycles. The van der Waals surface area contributed by atoms with E-state index in [4.69, 9.17) is 23.1 Å². The summed E-state index contributed by atoms with van der Waals surface area (Å²) in [5.74, 6) is 0.817. The molecule has 0 aliphatic rings. The molecule has 0 spiro atoms. The summed E-state index contributed by atoms with van der Waals surface area (Å²) < 4.78 is 0. The quantitative estimate of drug-likeness (QED) is 0.718. The first-order valence-electron chi connectivity index (χ1n) is 5.80. The van der Waals surface area contributed by atoms with Crippen molar-refractivity contribution < 1.29 is 5.11 Å². The molecule has 94 valence electrons. The fourth-order valence-corrected chi connectivity index (χ4v) is 1.68. The molecule has 1 aromatic rings. The van der Waals surface area contributed by atoms with Crippen LogP contribution >= 0.6 is 12.2 Å². The van der Waals surface area contributed by atoms with E-state index in [1.54, 1.807) is 12.3 Å². The van der Waals surface area contributed by atoms with Gasteiger partial charge >= 0.3 is 0 Å². The first-order chi connectivity index (χ1) is 8.19. The molecular weight excluding hydrogens is 234 g/mol. The normalized spacial score (nSPS) is 10.2. The van der Waals surface area contributed by atoms with Gasteiger partial charge in [-0.05, 0) is 18.6 Å². The summed E-state index contributed by atoms with van der Waals surface area (Å²) in [5, 5.41) is 9.06. The summed E-state index contributed by atoms with van der Waals surface area (Å²) in [6.07, 6.45) is 3.87. The highest BCUT2D eigenvalue weighted by molar-refractivity contribution is 7.80. The predicted octanol–water partition coefficient (Wildman–Crippen LogP) is 1.31. The molecule has 0 atom stereocenters. The van der Waals surface area contributed by atoms with Crippen LogP contribution in [0.1, 0.15) is 25.3 Å². The number of aliphatic hydroxyl groups is 1. The van der Waals surface area contributed by atoms with Crippen LogP contribution in [0, 0.1) is 0 Å². The third-order valence-electron chi connectivity index (χ3n) is 2.51. The molecule has 0 bridgehead atoms. The molecule has 17 heavy (non-hydrogen) atoms. The number of anilines is 1. The smallest absolute Gasteiger partial charge is 0.129 e. The van der Waals surface area contributed by atoms with Gasteiger partial charge in [0.15, 0.2) is 0 Å². The van der Waals surface area contributed by atoms with Gasteiger partial charge in [0.05, 0.1) is 6.61 Å². The van der Waals surface area contributed by atoms with Crippen molar-refractivity contribution in [2.45, 2.75) is 19.8 Å². The maximum Gasteiger partial charge on any atom is 0.129 e. The van der Waals surface area contributed by atoms with Gasteiger partial charge in [0.2, 0.25) is 0 Å². The number of nitrogens with zero attached hydrogens (tertiary/aromatic N) is 2. The van der Waals surface area contributed by atoms with Crippen molar-refractivity contribution in [3.63, 3.8) is 0 Å². The first-order valence-corrected chi connectivity index (χ1v) is 6.21. The molecule has 0 aliphatic carbocycles. The minimum Gasteiger partial charge on any atom is -0.395 e. The lowest BCUT2D eigenvalue weighted by molar-refractivity contribution is 0.301. The molecule has 1 heterocycles. The van der Waals surface area contributed by atoms with Crippen molar-refractivity contribution in [3.05, 3.63) is 23.9 Å². The lowest BCUT2D eigenvalue weighted by Crippen LogP contribution is -2.28. The second kappa shape index (κ2) is 7.19. The third-order valence-corrected chi connectivity index (χ3v) is 2.74. The fourth-order valence-electron chi connectivity index (χ4n) is 1.56. The van der Waals surface area contributed by atoms with E-state index >= 15 is 0 Å². The van der Waals surface area contributed by atoms with Crippen molar-refractivity contribution in [1.29, 1.82) is 0 Å². The van der Waals surface area contributed by atoms with Gasteiger partial charge in [-0.25, -0.2) is 4.98 Å². The van der Waals surface area contributed by atoms with E-state index in [1.165, 1.54) is 0 Å². The summed E-state index contributed by atoms with van der Waals surface area (Å²) >= 11 is 4.94. The van der Waals surface area contributed by atoms with Crippen LogP contribution < -0.4 is 10.6 Å². The average molecular weight is 253 g/mol. The van der Waals surface area contributed by atoms with Crippen LogP contribution in [0.4, 0.5) is 5.82 Å². The van der Waals surface area contributed by atoms with Crippen LogP contribution in [-0.4, -0.2) is 34.8 Å². The molecular formula is C12H19N3OS. The Morgan fingerprint density at radius 2 is 2.29 bits per heavy atom. The van der Waals surface area contributed by atoms with E-state index < -0.39 is 0 Å². The molecule has 0 amide bonds. The van der Waals surface area contributed by atoms with Gasteiger partial charge in [0, 0.05) is 24.8 Å². The van der Waals surface area contributed by atoms with Gasteiger partial charge in [-0.15, -0.1) is 0 Å². The van der Waals surface area contributed by atoms with Crippen molar-refractivity contribution in [2.24, 2.45) is 5.73 Å². The Labute approximate surface area is 107 Å². The maximum atomic E-state index is 9.06. The van der Waals surface area contributed by atoms with Gasteiger partial charge in [-0.3, -0.25) is 0 Å². The summed E-state index contributed by atoms with van der Waals surface area (Å²) in [7, 11) is 0. The zero-order valence-corrected chi connectivity index (χ0v) is 10.9.